The van der Waals surface area contributed by atoms with Gasteiger partial charge in [0, 0.05) is 25.1 Å². The fourth-order valence-corrected chi connectivity index (χ4v) is 3.28. The molecule has 0 radical (unpaired) electrons. The number of carboxylic acid groups (broad SMARTS) is 1. The Morgan fingerprint density at radius 3 is 2.75 bits per heavy atom. The Morgan fingerprint density at radius 2 is 2.17 bits per heavy atom. The molecular weight excluding hydrogens is 336 g/mol. The molecule has 1 saturated heterocycles. The van der Waals surface area contributed by atoms with E-state index in [0.29, 0.717) is 0 Å². The first-order valence-corrected chi connectivity index (χ1v) is 8.63. The summed E-state index contributed by atoms with van der Waals surface area (Å²) in [6.07, 6.45) is 1.54. The van der Waals surface area contributed by atoms with Crippen molar-refractivity contribution in [2.75, 3.05) is 19.8 Å². The number of benzene rings is 1. The number of ether oxygens (including phenoxy) is 1. The van der Waals surface area contributed by atoms with Crippen LogP contribution in [0.1, 0.15) is 16.8 Å². The van der Waals surface area contributed by atoms with Crippen LogP contribution < -0.4 is 10.0 Å². The van der Waals surface area contributed by atoms with Gasteiger partial charge in [-0.25, -0.2) is 17.9 Å². The maximum absolute atomic E-state index is 12.3. The van der Waals surface area contributed by atoms with Crippen LogP contribution in [0, 0.1) is 0 Å². The van der Waals surface area contributed by atoms with E-state index in [1.807, 2.05) is 0 Å². The maximum atomic E-state index is 12.3. The zero-order chi connectivity index (χ0) is 17.8. The van der Waals surface area contributed by atoms with Crippen LogP contribution in [-0.2, 0) is 19.6 Å². The van der Waals surface area contributed by atoms with Crippen LogP contribution in [0.2, 0.25) is 0 Å². The summed E-state index contributed by atoms with van der Waals surface area (Å²) >= 11 is 0. The second-order valence-corrected chi connectivity index (χ2v) is 7.08. The van der Waals surface area contributed by atoms with E-state index in [0.717, 1.165) is 0 Å². The molecule has 1 aromatic carbocycles. The molecule has 1 aliphatic rings. The second kappa shape index (κ2) is 7.12. The van der Waals surface area contributed by atoms with E-state index >= 15 is 0 Å². The van der Waals surface area contributed by atoms with Crippen LogP contribution >= 0.6 is 0 Å². The lowest BCUT2D eigenvalue weighted by Crippen LogP contribution is -2.55. The van der Waals surface area contributed by atoms with Crippen molar-refractivity contribution in [3.8, 4) is 0 Å². The summed E-state index contributed by atoms with van der Waals surface area (Å²) in [5, 5.41) is 11.8. The minimum atomic E-state index is -3.78. The van der Waals surface area contributed by atoms with Crippen molar-refractivity contribution in [2.24, 2.45) is 0 Å². The maximum Gasteiger partial charge on any atom is 0.331 e. The van der Waals surface area contributed by atoms with Gasteiger partial charge in [-0.1, -0.05) is 12.1 Å². The Hall–Kier alpha value is -2.23. The highest BCUT2D eigenvalue weighted by atomic mass is 32.2. The van der Waals surface area contributed by atoms with Gasteiger partial charge in [0.15, 0.2) is 5.54 Å². The lowest BCUT2D eigenvalue weighted by molar-refractivity contribution is -0.144. The molecule has 2 rings (SSSR count). The van der Waals surface area contributed by atoms with Gasteiger partial charge in [-0.3, -0.25) is 4.79 Å². The molecule has 1 unspecified atom stereocenters. The van der Waals surface area contributed by atoms with Gasteiger partial charge in [0.25, 0.3) is 5.91 Å². The summed E-state index contributed by atoms with van der Waals surface area (Å²) in [4.78, 5) is 23.7. The number of carboxylic acids is 1. The highest BCUT2D eigenvalue weighted by molar-refractivity contribution is 7.89. The van der Waals surface area contributed by atoms with E-state index < -0.39 is 27.4 Å². The number of amides is 1. The van der Waals surface area contributed by atoms with Gasteiger partial charge in [-0.05, 0) is 18.2 Å². The third-order valence-corrected chi connectivity index (χ3v) is 5.03. The third-order valence-electron chi connectivity index (χ3n) is 3.61. The van der Waals surface area contributed by atoms with Crippen LogP contribution in [0.25, 0.3) is 0 Å². The molecule has 3 N–H and O–H groups in total. The quantitative estimate of drug-likeness (QED) is 0.598. The molecule has 1 aromatic rings. The molecule has 1 aliphatic heterocycles. The summed E-state index contributed by atoms with van der Waals surface area (Å²) in [5.41, 5.74) is -1.45. The van der Waals surface area contributed by atoms with E-state index in [1.54, 1.807) is 0 Å². The third kappa shape index (κ3) is 3.81. The van der Waals surface area contributed by atoms with Gasteiger partial charge < -0.3 is 15.2 Å². The zero-order valence-corrected chi connectivity index (χ0v) is 13.6. The van der Waals surface area contributed by atoms with Crippen molar-refractivity contribution in [1.29, 1.82) is 0 Å². The Kier molecular flexibility index (Phi) is 5.37. The van der Waals surface area contributed by atoms with E-state index in [1.165, 1.54) is 30.3 Å². The molecule has 24 heavy (non-hydrogen) atoms. The van der Waals surface area contributed by atoms with Crippen LogP contribution in [0.3, 0.4) is 0 Å². The molecule has 0 aromatic heterocycles. The number of aliphatic carboxylic acids is 1. The van der Waals surface area contributed by atoms with E-state index in [2.05, 4.69) is 16.6 Å². The van der Waals surface area contributed by atoms with E-state index in [-0.39, 0.29) is 36.6 Å². The Morgan fingerprint density at radius 1 is 1.42 bits per heavy atom. The highest BCUT2D eigenvalue weighted by Gasteiger charge is 2.44. The summed E-state index contributed by atoms with van der Waals surface area (Å²) in [6.45, 7) is 3.58. The zero-order valence-electron chi connectivity index (χ0n) is 12.8. The predicted octanol–water partition coefficient (Wildman–Crippen LogP) is 0.124. The Labute approximate surface area is 139 Å². The fourth-order valence-electron chi connectivity index (χ4n) is 2.23. The van der Waals surface area contributed by atoms with Gasteiger partial charge in [-0.15, -0.1) is 6.58 Å². The average Bonchev–Trinajstić information content (AvgIpc) is 3.03. The average molecular weight is 354 g/mol. The predicted molar refractivity (Wildman–Crippen MR) is 85.1 cm³/mol. The number of hydrogen-bond donors (Lipinski definition) is 3. The molecule has 0 saturated carbocycles. The first-order valence-electron chi connectivity index (χ1n) is 7.15. The summed E-state index contributed by atoms with van der Waals surface area (Å²) in [7, 11) is -3.78. The lowest BCUT2D eigenvalue weighted by Gasteiger charge is -2.23. The number of hydrogen-bond acceptors (Lipinski definition) is 5. The molecule has 0 aliphatic carbocycles. The molecule has 1 amide bonds. The first-order chi connectivity index (χ1) is 11.3. The molecule has 130 valence electrons. The number of carbonyl (C=O) groups is 2. The van der Waals surface area contributed by atoms with Crippen LogP contribution in [0.5, 0.6) is 0 Å². The molecule has 1 heterocycles. The van der Waals surface area contributed by atoms with Crippen molar-refractivity contribution in [1.82, 2.24) is 10.0 Å². The molecule has 1 atom stereocenters. The number of rotatable bonds is 7. The summed E-state index contributed by atoms with van der Waals surface area (Å²) in [5.74, 6) is -1.87. The second-order valence-electron chi connectivity index (χ2n) is 5.31. The highest BCUT2D eigenvalue weighted by Crippen LogP contribution is 2.20. The van der Waals surface area contributed by atoms with Crippen LogP contribution in [0.4, 0.5) is 0 Å². The smallest absolute Gasteiger partial charge is 0.331 e. The minimum absolute atomic E-state index is 0.0454. The summed E-state index contributed by atoms with van der Waals surface area (Å²) in [6, 6.07) is 5.35. The van der Waals surface area contributed by atoms with Crippen LogP contribution in [-0.4, -0.2) is 50.7 Å². The minimum Gasteiger partial charge on any atom is -0.479 e. The summed E-state index contributed by atoms with van der Waals surface area (Å²) < 4.78 is 31.5. The first kappa shape index (κ1) is 18.1. The number of sulfonamides is 1. The molecule has 0 bridgehead atoms. The Balaban J connectivity index is 2.23. The number of carbonyl (C=O) groups excluding carboxylic acids is 1. The van der Waals surface area contributed by atoms with Crippen molar-refractivity contribution in [3.63, 3.8) is 0 Å². The molecule has 1 fully saturated rings. The van der Waals surface area contributed by atoms with E-state index in [4.69, 9.17) is 4.74 Å². The normalized spacial score (nSPS) is 20.5. The molecule has 9 heteroatoms. The van der Waals surface area contributed by atoms with Crippen molar-refractivity contribution >= 4 is 21.9 Å². The Bertz CT molecular complexity index is 753. The molecule has 8 nitrogen and oxygen atoms in total. The molecule has 0 spiro atoms. The van der Waals surface area contributed by atoms with Gasteiger partial charge in [0.05, 0.1) is 11.5 Å². The lowest BCUT2D eigenvalue weighted by atomic mass is 9.98. The fraction of sp³-hybridized carbons (Fsp3) is 0.333. The number of nitrogens with one attached hydrogen (secondary N) is 2. The van der Waals surface area contributed by atoms with Crippen molar-refractivity contribution in [2.45, 2.75) is 16.9 Å². The topological polar surface area (TPSA) is 122 Å². The van der Waals surface area contributed by atoms with Gasteiger partial charge in [0.1, 0.15) is 0 Å². The van der Waals surface area contributed by atoms with Crippen molar-refractivity contribution in [3.05, 3.63) is 42.5 Å². The van der Waals surface area contributed by atoms with E-state index in [9.17, 15) is 23.1 Å². The van der Waals surface area contributed by atoms with Gasteiger partial charge in [0.2, 0.25) is 10.0 Å². The monoisotopic (exact) mass is 354 g/mol. The van der Waals surface area contributed by atoms with Gasteiger partial charge >= 0.3 is 5.97 Å². The SMILES string of the molecule is C=CCNS(=O)(=O)c1cccc(C(=O)NC2(C(=O)O)CCOC2)c1. The standard InChI is InChI=1S/C15H18N2O6S/c1-2-7-16-24(21,22)12-5-3-4-11(9-12)13(18)17-15(14(19)20)6-8-23-10-15/h2-5,9,16H,1,6-8,10H2,(H,17,18)(H,19,20). The van der Waals surface area contributed by atoms with Gasteiger partial charge in [-0.2, -0.15) is 0 Å². The van der Waals surface area contributed by atoms with Crippen LogP contribution in [0.15, 0.2) is 41.8 Å². The molecular formula is C15H18N2O6S. The van der Waals surface area contributed by atoms with Crippen molar-refractivity contribution < 1.29 is 27.9 Å². The largest absolute Gasteiger partial charge is 0.479 e.